The monoisotopic (exact) mass is 340 g/mol. The second-order valence-corrected chi connectivity index (χ2v) is 5.99. The number of carboxylic acid groups (broad SMARTS) is 1. The summed E-state index contributed by atoms with van der Waals surface area (Å²) >= 11 is 3.43. The highest BCUT2D eigenvalue weighted by Gasteiger charge is 2.28. The minimum atomic E-state index is -0.862. The molecule has 0 bridgehead atoms. The molecule has 0 aliphatic carbocycles. The number of hydrogen-bond acceptors (Lipinski definition) is 3. The lowest BCUT2D eigenvalue weighted by molar-refractivity contribution is 0.0697. The molecule has 1 fully saturated rings. The first-order valence-electron chi connectivity index (χ1n) is 7.08. The fraction of sp³-hybridized carbons (Fsp3) is 0.533. The van der Waals surface area contributed by atoms with Gasteiger partial charge < -0.3 is 10.0 Å². The van der Waals surface area contributed by atoms with Crippen molar-refractivity contribution < 1.29 is 9.90 Å². The molecule has 20 heavy (non-hydrogen) atoms. The lowest BCUT2D eigenvalue weighted by atomic mass is 10.1. The van der Waals surface area contributed by atoms with E-state index in [9.17, 15) is 9.90 Å². The lowest BCUT2D eigenvalue weighted by Gasteiger charge is -2.27. The third kappa shape index (κ3) is 3.15. The standard InChI is InChI=1S/C15H21BrN2O2/c1-3-17(4-2)12-7-8-18(10-12)14-9-11(16)5-6-13(14)15(19)20/h5-6,9,12H,3-4,7-8,10H2,1-2H3,(H,19,20). The Kier molecular flexibility index (Phi) is 5.05. The zero-order valence-electron chi connectivity index (χ0n) is 12.0. The van der Waals surface area contributed by atoms with Gasteiger partial charge in [0.05, 0.1) is 11.3 Å². The number of anilines is 1. The number of likely N-dealkylation sites (N-methyl/N-ethyl adjacent to an activating group) is 1. The van der Waals surface area contributed by atoms with E-state index in [4.69, 9.17) is 0 Å². The Balaban J connectivity index is 2.21. The molecule has 1 saturated heterocycles. The van der Waals surface area contributed by atoms with Crippen molar-refractivity contribution in [1.29, 1.82) is 0 Å². The molecule has 1 aliphatic heterocycles. The summed E-state index contributed by atoms with van der Waals surface area (Å²) < 4.78 is 0.920. The molecule has 2 rings (SSSR count). The molecule has 0 spiro atoms. The van der Waals surface area contributed by atoms with Crippen LogP contribution in [0.15, 0.2) is 22.7 Å². The van der Waals surface area contributed by atoms with Gasteiger partial charge in [-0.1, -0.05) is 29.8 Å². The highest BCUT2D eigenvalue weighted by molar-refractivity contribution is 9.10. The lowest BCUT2D eigenvalue weighted by Crippen LogP contribution is -2.37. The first kappa shape index (κ1) is 15.3. The first-order valence-corrected chi connectivity index (χ1v) is 7.88. The topological polar surface area (TPSA) is 43.8 Å². The van der Waals surface area contributed by atoms with E-state index < -0.39 is 5.97 Å². The summed E-state index contributed by atoms with van der Waals surface area (Å²) in [6.07, 6.45) is 1.09. The Bertz CT molecular complexity index is 489. The molecule has 0 aromatic heterocycles. The third-order valence-electron chi connectivity index (χ3n) is 4.02. The van der Waals surface area contributed by atoms with Crippen LogP contribution in [0, 0.1) is 0 Å². The van der Waals surface area contributed by atoms with Crippen LogP contribution in [-0.2, 0) is 0 Å². The first-order chi connectivity index (χ1) is 9.56. The van der Waals surface area contributed by atoms with Gasteiger partial charge in [-0.15, -0.1) is 0 Å². The molecule has 5 heteroatoms. The largest absolute Gasteiger partial charge is 0.478 e. The van der Waals surface area contributed by atoms with Crippen LogP contribution in [0.4, 0.5) is 5.69 Å². The molecule has 0 radical (unpaired) electrons. The number of aromatic carboxylic acids is 1. The number of carboxylic acids is 1. The molecule has 4 nitrogen and oxygen atoms in total. The average molecular weight is 341 g/mol. The van der Waals surface area contributed by atoms with Crippen LogP contribution in [0.2, 0.25) is 0 Å². The van der Waals surface area contributed by atoms with Gasteiger partial charge in [0.15, 0.2) is 0 Å². The normalized spacial score (nSPS) is 18.8. The van der Waals surface area contributed by atoms with E-state index >= 15 is 0 Å². The van der Waals surface area contributed by atoms with E-state index in [1.165, 1.54) is 0 Å². The minimum Gasteiger partial charge on any atom is -0.478 e. The van der Waals surface area contributed by atoms with Gasteiger partial charge in [-0.2, -0.15) is 0 Å². The number of benzene rings is 1. The second kappa shape index (κ2) is 6.59. The van der Waals surface area contributed by atoms with Crippen molar-refractivity contribution in [1.82, 2.24) is 4.90 Å². The van der Waals surface area contributed by atoms with Gasteiger partial charge in [0.25, 0.3) is 0 Å². The van der Waals surface area contributed by atoms with Crippen LogP contribution < -0.4 is 4.90 Å². The zero-order chi connectivity index (χ0) is 14.7. The van der Waals surface area contributed by atoms with Crippen molar-refractivity contribution in [3.8, 4) is 0 Å². The maximum Gasteiger partial charge on any atom is 0.337 e. The Hall–Kier alpha value is -1.07. The Morgan fingerprint density at radius 2 is 2.15 bits per heavy atom. The van der Waals surface area contributed by atoms with Crippen LogP contribution in [0.1, 0.15) is 30.6 Å². The molecule has 1 unspecified atom stereocenters. The molecule has 1 aromatic carbocycles. The summed E-state index contributed by atoms with van der Waals surface area (Å²) in [5.41, 5.74) is 1.20. The highest BCUT2D eigenvalue weighted by Crippen LogP contribution is 2.29. The van der Waals surface area contributed by atoms with Crippen molar-refractivity contribution in [3.63, 3.8) is 0 Å². The molecule has 0 saturated carbocycles. The van der Waals surface area contributed by atoms with Gasteiger partial charge in [0, 0.05) is 23.6 Å². The van der Waals surface area contributed by atoms with Crippen molar-refractivity contribution >= 4 is 27.6 Å². The van der Waals surface area contributed by atoms with E-state index in [0.717, 1.165) is 42.8 Å². The number of hydrogen-bond donors (Lipinski definition) is 1. The zero-order valence-corrected chi connectivity index (χ0v) is 13.6. The van der Waals surface area contributed by atoms with Gasteiger partial charge in [-0.3, -0.25) is 4.90 Å². The number of halogens is 1. The summed E-state index contributed by atoms with van der Waals surface area (Å²) in [5.74, 6) is -0.862. The Morgan fingerprint density at radius 3 is 2.75 bits per heavy atom. The minimum absolute atomic E-state index is 0.383. The van der Waals surface area contributed by atoms with Crippen LogP contribution in [0.25, 0.3) is 0 Å². The summed E-state index contributed by atoms with van der Waals surface area (Å²) in [6, 6.07) is 5.89. The number of rotatable bonds is 5. The molecule has 1 aromatic rings. The van der Waals surface area contributed by atoms with Gasteiger partial charge in [0.1, 0.15) is 0 Å². The predicted octanol–water partition coefficient (Wildman–Crippen LogP) is 3.07. The van der Waals surface area contributed by atoms with Crippen molar-refractivity contribution in [3.05, 3.63) is 28.2 Å². The second-order valence-electron chi connectivity index (χ2n) is 5.08. The fourth-order valence-electron chi connectivity index (χ4n) is 2.95. The van der Waals surface area contributed by atoms with E-state index in [1.807, 2.05) is 6.07 Å². The summed E-state index contributed by atoms with van der Waals surface area (Å²) in [6.45, 7) is 8.25. The summed E-state index contributed by atoms with van der Waals surface area (Å²) in [5, 5.41) is 9.33. The molecule has 1 N–H and O–H groups in total. The molecule has 0 amide bonds. The summed E-state index contributed by atoms with van der Waals surface area (Å²) in [4.78, 5) is 16.0. The van der Waals surface area contributed by atoms with E-state index in [-0.39, 0.29) is 0 Å². The molecular formula is C15H21BrN2O2. The molecular weight excluding hydrogens is 320 g/mol. The Labute approximate surface area is 128 Å². The predicted molar refractivity (Wildman–Crippen MR) is 84.6 cm³/mol. The smallest absolute Gasteiger partial charge is 0.337 e. The fourth-order valence-corrected chi connectivity index (χ4v) is 3.29. The summed E-state index contributed by atoms with van der Waals surface area (Å²) in [7, 11) is 0. The van der Waals surface area contributed by atoms with Gasteiger partial charge in [0.2, 0.25) is 0 Å². The molecule has 110 valence electrons. The van der Waals surface area contributed by atoms with Crippen molar-refractivity contribution in [2.24, 2.45) is 0 Å². The Morgan fingerprint density at radius 1 is 1.45 bits per heavy atom. The highest BCUT2D eigenvalue weighted by atomic mass is 79.9. The van der Waals surface area contributed by atoms with Gasteiger partial charge >= 0.3 is 5.97 Å². The quantitative estimate of drug-likeness (QED) is 0.894. The average Bonchev–Trinajstić information content (AvgIpc) is 2.89. The molecule has 1 aliphatic rings. The van der Waals surface area contributed by atoms with Gasteiger partial charge in [-0.05, 0) is 37.7 Å². The van der Waals surface area contributed by atoms with Gasteiger partial charge in [-0.25, -0.2) is 4.79 Å². The molecule has 1 heterocycles. The SMILES string of the molecule is CCN(CC)C1CCN(c2cc(Br)ccc2C(=O)O)C1. The number of nitrogens with zero attached hydrogens (tertiary/aromatic N) is 2. The van der Waals surface area contributed by atoms with Crippen LogP contribution in [0.5, 0.6) is 0 Å². The maximum atomic E-state index is 11.4. The van der Waals surface area contributed by atoms with E-state index in [0.29, 0.717) is 11.6 Å². The van der Waals surface area contributed by atoms with Crippen molar-refractivity contribution in [2.45, 2.75) is 26.3 Å². The van der Waals surface area contributed by atoms with Crippen LogP contribution in [-0.4, -0.2) is 48.2 Å². The van der Waals surface area contributed by atoms with E-state index in [2.05, 4.69) is 39.6 Å². The molecule has 1 atom stereocenters. The van der Waals surface area contributed by atoms with Crippen molar-refractivity contribution in [2.75, 3.05) is 31.1 Å². The maximum absolute atomic E-state index is 11.4. The van der Waals surface area contributed by atoms with Crippen LogP contribution >= 0.6 is 15.9 Å². The number of carbonyl (C=O) groups is 1. The van der Waals surface area contributed by atoms with E-state index in [1.54, 1.807) is 12.1 Å². The third-order valence-corrected chi connectivity index (χ3v) is 4.52. The van der Waals surface area contributed by atoms with Crippen LogP contribution in [0.3, 0.4) is 0 Å².